The largest absolute Gasteiger partial charge is 0.139 e. The Bertz CT molecular complexity index is 2410. The van der Waals surface area contributed by atoms with Gasteiger partial charge in [0.15, 0.2) is 0 Å². The molecule has 0 amide bonds. The second-order valence-electron chi connectivity index (χ2n) is 21.1. The molecule has 0 aliphatic carbocycles. The van der Waals surface area contributed by atoms with Crippen molar-refractivity contribution in [3.05, 3.63) is 153 Å². The first kappa shape index (κ1) is 57.6. The summed E-state index contributed by atoms with van der Waals surface area (Å²) in [6.07, 6.45) is 51.0. The molecule has 0 bridgehead atoms. The molecule has 0 radical (unpaired) electrons. The van der Waals surface area contributed by atoms with Gasteiger partial charge in [0.1, 0.15) is 0 Å². The van der Waals surface area contributed by atoms with Crippen LogP contribution in [0.5, 0.6) is 0 Å². The summed E-state index contributed by atoms with van der Waals surface area (Å²) in [6, 6.07) is 45.5. The molecular weight excluding hydrogens is 969 g/mol. The van der Waals surface area contributed by atoms with Crippen LogP contribution < -0.4 is 0 Å². The summed E-state index contributed by atoms with van der Waals surface area (Å²) in [5.41, 5.74) is 7.42. The molecule has 74 heavy (non-hydrogen) atoms. The third-order valence-electron chi connectivity index (χ3n) is 14.8. The minimum atomic E-state index is 1.21. The first-order valence-corrected chi connectivity index (χ1v) is 32.9. The van der Waals surface area contributed by atoms with Gasteiger partial charge in [-0.1, -0.05) is 278 Å². The van der Waals surface area contributed by atoms with Crippen molar-refractivity contribution in [3.63, 3.8) is 0 Å². The molecule has 4 heteroatoms. The van der Waals surface area contributed by atoms with Gasteiger partial charge >= 0.3 is 0 Å². The molecule has 7 rings (SSSR count). The van der Waals surface area contributed by atoms with E-state index in [2.05, 4.69) is 159 Å². The Morgan fingerprint density at radius 3 is 0.757 bits per heavy atom. The van der Waals surface area contributed by atoms with Crippen LogP contribution in [0.4, 0.5) is 0 Å². The van der Waals surface area contributed by atoms with Crippen LogP contribution in [0.2, 0.25) is 0 Å². The Balaban J connectivity index is 0.759. The number of aryl methyl sites for hydroxylation is 2. The van der Waals surface area contributed by atoms with E-state index in [9.17, 15) is 0 Å². The molecule has 0 unspecified atom stereocenters. The zero-order chi connectivity index (χ0) is 51.1. The van der Waals surface area contributed by atoms with Gasteiger partial charge in [-0.25, -0.2) is 0 Å². The van der Waals surface area contributed by atoms with Crippen LogP contribution in [0.1, 0.15) is 226 Å². The first-order valence-electron chi connectivity index (χ1n) is 29.7. The molecule has 7 aromatic rings. The van der Waals surface area contributed by atoms with Crippen molar-refractivity contribution < 1.29 is 0 Å². The van der Waals surface area contributed by atoms with E-state index in [-0.39, 0.29) is 0 Å². The summed E-state index contributed by atoms with van der Waals surface area (Å²) in [5, 5.41) is 0. The fourth-order valence-corrected chi connectivity index (χ4v) is 14.5. The van der Waals surface area contributed by atoms with Gasteiger partial charge in [-0.3, -0.25) is 0 Å². The average Bonchev–Trinajstić information content (AvgIpc) is 4.30. The van der Waals surface area contributed by atoms with E-state index in [0.717, 1.165) is 0 Å². The quantitative estimate of drug-likeness (QED) is 0.0267. The molecular formula is C70H90S4. The van der Waals surface area contributed by atoms with Gasteiger partial charge in [-0.15, -0.1) is 45.3 Å². The molecule has 3 aromatic carbocycles. The number of benzene rings is 3. The lowest BCUT2D eigenvalue weighted by Crippen LogP contribution is -1.84. The summed E-state index contributed by atoms with van der Waals surface area (Å²) in [6.45, 7) is 4.61. The van der Waals surface area contributed by atoms with Crippen LogP contribution in [0.25, 0.3) is 64.7 Å². The number of rotatable bonds is 38. The first-order chi connectivity index (χ1) is 36.6. The van der Waals surface area contributed by atoms with E-state index in [4.69, 9.17) is 0 Å². The molecule has 0 aliphatic heterocycles. The van der Waals surface area contributed by atoms with Crippen LogP contribution in [-0.2, 0) is 12.8 Å². The zero-order valence-electron chi connectivity index (χ0n) is 45.7. The maximum Gasteiger partial charge on any atom is 0.0449 e. The maximum atomic E-state index is 2.37. The van der Waals surface area contributed by atoms with Crippen LogP contribution in [0, 0.1) is 0 Å². The minimum Gasteiger partial charge on any atom is -0.139 e. The van der Waals surface area contributed by atoms with Gasteiger partial charge in [0.05, 0.1) is 0 Å². The summed E-state index contributed by atoms with van der Waals surface area (Å²) < 4.78 is 0. The predicted molar refractivity (Wildman–Crippen MR) is 338 cm³/mol. The molecule has 0 nitrogen and oxygen atoms in total. The predicted octanol–water partition coefficient (Wildman–Crippen LogP) is 25.0. The fraction of sp³-hybridized carbons (Fsp3) is 0.457. The lowest BCUT2D eigenvalue weighted by molar-refractivity contribution is 0.536. The van der Waals surface area contributed by atoms with E-state index in [0.29, 0.717) is 0 Å². The smallest absolute Gasteiger partial charge is 0.0449 e. The molecule has 4 aromatic heterocycles. The number of hydrogen-bond donors (Lipinski definition) is 0. The highest BCUT2D eigenvalue weighted by Crippen LogP contribution is 2.40. The summed E-state index contributed by atoms with van der Waals surface area (Å²) >= 11 is 7.81. The second-order valence-corrected chi connectivity index (χ2v) is 25.6. The SMILES string of the molecule is CCCCCCCCCCCCCCCCc1ccc(-c2ccc(-c3ccc(/C=C/c4ccc(/C=C/c5ccc(-c6ccc(-c7ccc(CCCCCCCCCCCCCCCC)s7)s6)cc5)cc4)cc3)s2)s1. The van der Waals surface area contributed by atoms with E-state index >= 15 is 0 Å². The van der Waals surface area contributed by atoms with Crippen LogP contribution in [0.3, 0.4) is 0 Å². The summed E-state index contributed by atoms with van der Waals surface area (Å²) in [4.78, 5) is 11.3. The summed E-state index contributed by atoms with van der Waals surface area (Å²) in [7, 11) is 0. The van der Waals surface area contributed by atoms with Crippen molar-refractivity contribution in [1.29, 1.82) is 0 Å². The van der Waals surface area contributed by atoms with E-state index in [1.807, 2.05) is 45.3 Å². The number of hydrogen-bond acceptors (Lipinski definition) is 4. The Kier molecular flexibility index (Phi) is 26.9. The lowest BCUT2D eigenvalue weighted by atomic mass is 10.0. The Labute approximate surface area is 466 Å². The van der Waals surface area contributed by atoms with Crippen molar-refractivity contribution in [2.75, 3.05) is 0 Å². The van der Waals surface area contributed by atoms with Crippen molar-refractivity contribution in [2.45, 2.75) is 206 Å². The van der Waals surface area contributed by atoms with Gasteiger partial charge in [0.25, 0.3) is 0 Å². The van der Waals surface area contributed by atoms with Crippen molar-refractivity contribution >= 4 is 69.7 Å². The van der Waals surface area contributed by atoms with Gasteiger partial charge in [0, 0.05) is 39.0 Å². The molecule has 0 fully saturated rings. The topological polar surface area (TPSA) is 0 Å². The van der Waals surface area contributed by atoms with Crippen molar-refractivity contribution in [3.8, 4) is 40.4 Å². The molecule has 0 saturated heterocycles. The highest BCUT2D eigenvalue weighted by atomic mass is 32.1. The van der Waals surface area contributed by atoms with Gasteiger partial charge in [-0.2, -0.15) is 0 Å². The Morgan fingerprint density at radius 1 is 0.230 bits per heavy atom. The highest BCUT2D eigenvalue weighted by molar-refractivity contribution is 7.24. The van der Waals surface area contributed by atoms with E-state index in [1.165, 1.54) is 265 Å². The number of thiophene rings is 4. The molecule has 0 saturated carbocycles. The molecule has 0 aliphatic rings. The molecule has 0 N–H and O–H groups in total. The summed E-state index contributed by atoms with van der Waals surface area (Å²) in [5.74, 6) is 0. The van der Waals surface area contributed by atoms with Gasteiger partial charge in [0.2, 0.25) is 0 Å². The monoisotopic (exact) mass is 1060 g/mol. The minimum absolute atomic E-state index is 1.21. The second kappa shape index (κ2) is 34.6. The van der Waals surface area contributed by atoms with Crippen LogP contribution in [-0.4, -0.2) is 0 Å². The van der Waals surface area contributed by atoms with Gasteiger partial charge in [-0.05, 0) is 108 Å². The average molecular weight is 1060 g/mol. The maximum absolute atomic E-state index is 2.37. The third-order valence-corrected chi connectivity index (χ3v) is 19.8. The van der Waals surface area contributed by atoms with Crippen LogP contribution in [0.15, 0.2) is 121 Å². The molecule has 4 heterocycles. The Morgan fingerprint density at radius 2 is 0.459 bits per heavy atom. The number of unbranched alkanes of at least 4 members (excludes halogenated alkanes) is 26. The normalized spacial score (nSPS) is 11.8. The van der Waals surface area contributed by atoms with Crippen molar-refractivity contribution in [2.24, 2.45) is 0 Å². The van der Waals surface area contributed by atoms with E-state index < -0.39 is 0 Å². The standard InChI is InChI=1S/C70H90S4/c1-3-5-7-9-11-13-15-17-19-21-23-25-27-29-31-63-49-51-67(71-63)69-55-53-65(73-69)61-45-41-59(42-46-61)39-37-57-33-35-58(36-34-57)38-40-60-43-47-62(48-44-60)66-54-56-70(74-66)68-52-50-64(72-68)32-30-28-26-24-22-20-18-16-14-12-10-8-6-4-2/h33-56H,3-32H2,1-2H3/b39-37+,40-38+. The molecule has 0 atom stereocenters. The van der Waals surface area contributed by atoms with Gasteiger partial charge < -0.3 is 0 Å². The highest BCUT2D eigenvalue weighted by Gasteiger charge is 2.10. The third kappa shape index (κ3) is 21.2. The fourth-order valence-electron chi connectivity index (χ4n) is 10.1. The Hall–Kier alpha value is -4.06. The lowest BCUT2D eigenvalue weighted by Gasteiger charge is -2.03. The molecule has 0 spiro atoms. The zero-order valence-corrected chi connectivity index (χ0v) is 49.0. The van der Waals surface area contributed by atoms with E-state index in [1.54, 1.807) is 0 Å². The molecule has 394 valence electrons. The van der Waals surface area contributed by atoms with Crippen molar-refractivity contribution in [1.82, 2.24) is 0 Å². The van der Waals surface area contributed by atoms with Crippen LogP contribution >= 0.6 is 45.3 Å².